The molecule has 0 spiro atoms. The Labute approximate surface area is 187 Å². The summed E-state index contributed by atoms with van der Waals surface area (Å²) in [5.41, 5.74) is 0.0436. The summed E-state index contributed by atoms with van der Waals surface area (Å²) in [6, 6.07) is 6.40. The maximum Gasteiger partial charge on any atom is 0.323 e. The first-order valence-electron chi connectivity index (χ1n) is 10.9. The highest BCUT2D eigenvalue weighted by Gasteiger charge is 2.70. The van der Waals surface area contributed by atoms with Gasteiger partial charge in [-0.25, -0.2) is 0 Å². The highest BCUT2D eigenvalue weighted by Crippen LogP contribution is 2.69. The summed E-state index contributed by atoms with van der Waals surface area (Å²) in [5, 5.41) is 10.9. The topological polar surface area (TPSA) is 105 Å². The Morgan fingerprint density at radius 1 is 1.12 bits per heavy atom. The molecule has 1 aromatic carbocycles. The normalized spacial score (nSPS) is 32.1. The largest absolute Gasteiger partial charge is 0.468 e. The monoisotopic (exact) mass is 443 g/mol. The number of hydrogen-bond acceptors (Lipinski definition) is 7. The van der Waals surface area contributed by atoms with Crippen molar-refractivity contribution < 1.29 is 28.7 Å². The molecule has 3 aliphatic rings. The molecule has 0 aliphatic heterocycles. The number of allylic oxidation sites excluding steroid dienone is 1. The minimum atomic E-state index is -1.31. The maximum atomic E-state index is 12.7. The van der Waals surface area contributed by atoms with Crippen molar-refractivity contribution >= 4 is 17.6 Å². The van der Waals surface area contributed by atoms with E-state index in [4.69, 9.17) is 14.2 Å². The number of carbonyl (C=O) groups excluding carboxylic acids is 2. The molecule has 2 saturated carbocycles. The smallest absolute Gasteiger partial charge is 0.323 e. The summed E-state index contributed by atoms with van der Waals surface area (Å²) >= 11 is 0. The van der Waals surface area contributed by atoms with E-state index in [0.717, 1.165) is 24.0 Å². The maximum absolute atomic E-state index is 12.7. The Kier molecular flexibility index (Phi) is 5.40. The minimum absolute atomic E-state index is 0.0162. The lowest BCUT2D eigenvalue weighted by Crippen LogP contribution is -2.65. The van der Waals surface area contributed by atoms with Crippen LogP contribution in [0.15, 0.2) is 35.9 Å². The molecule has 0 amide bonds. The SMILES string of the molecule is COC(=O)C1(C(=O)OC)CC2=C[C@@H](C)[C@]3(OCc4ccc([N+](=O)[O-])cc4)CC[C@]3(C)[C@H]2C1. The zero-order chi connectivity index (χ0) is 23.3. The van der Waals surface area contributed by atoms with Crippen molar-refractivity contribution in [3.63, 3.8) is 0 Å². The first kappa shape index (κ1) is 22.5. The number of nitro benzene ring substituents is 1. The number of carbonyl (C=O) groups is 2. The number of nitrogens with zero attached hydrogens (tertiary/aromatic N) is 1. The van der Waals surface area contributed by atoms with Crippen molar-refractivity contribution in [2.45, 2.75) is 51.7 Å². The fourth-order valence-corrected chi connectivity index (χ4v) is 6.35. The fourth-order valence-electron chi connectivity index (χ4n) is 6.35. The van der Waals surface area contributed by atoms with Gasteiger partial charge in [0.15, 0.2) is 5.41 Å². The molecule has 8 nitrogen and oxygen atoms in total. The lowest BCUT2D eigenvalue weighted by Gasteiger charge is -2.65. The highest BCUT2D eigenvalue weighted by atomic mass is 16.6. The number of nitro groups is 1. The third-order valence-electron chi connectivity index (χ3n) is 8.25. The summed E-state index contributed by atoms with van der Waals surface area (Å²) in [7, 11) is 2.60. The van der Waals surface area contributed by atoms with E-state index in [2.05, 4.69) is 19.9 Å². The van der Waals surface area contributed by atoms with Gasteiger partial charge in [0.1, 0.15) is 0 Å². The third-order valence-corrected chi connectivity index (χ3v) is 8.25. The quantitative estimate of drug-likeness (QED) is 0.215. The Hall–Kier alpha value is -2.74. The van der Waals surface area contributed by atoms with Crippen LogP contribution in [-0.4, -0.2) is 36.7 Å². The predicted octanol–water partition coefficient (Wildman–Crippen LogP) is 3.97. The molecule has 0 saturated heterocycles. The zero-order valence-electron chi connectivity index (χ0n) is 18.9. The van der Waals surface area contributed by atoms with Crippen LogP contribution in [0.2, 0.25) is 0 Å². The lowest BCUT2D eigenvalue weighted by atomic mass is 9.45. The standard InChI is InChI=1S/C24H29NO7/c1-15-11-17-12-23(20(26)30-3,21(27)31-4)13-19(17)22(2)9-10-24(15,22)32-14-16-5-7-18(8-6-16)25(28)29/h5-8,11,15,19H,9-10,12-14H2,1-4H3/t15-,19+,22-,24-/m1/s1. The van der Waals surface area contributed by atoms with E-state index in [1.807, 2.05) is 0 Å². The van der Waals surface area contributed by atoms with Crippen LogP contribution >= 0.6 is 0 Å². The van der Waals surface area contributed by atoms with Gasteiger partial charge >= 0.3 is 11.9 Å². The van der Waals surface area contributed by atoms with Crippen LogP contribution in [0, 0.1) is 32.8 Å². The van der Waals surface area contributed by atoms with Gasteiger partial charge in [-0.3, -0.25) is 19.7 Å². The first-order chi connectivity index (χ1) is 15.1. The van der Waals surface area contributed by atoms with Gasteiger partial charge in [0.25, 0.3) is 5.69 Å². The average molecular weight is 443 g/mol. The molecule has 4 rings (SSSR count). The van der Waals surface area contributed by atoms with Gasteiger partial charge in [0.05, 0.1) is 31.4 Å². The van der Waals surface area contributed by atoms with Gasteiger partial charge < -0.3 is 14.2 Å². The number of methoxy groups -OCH3 is 2. The number of esters is 2. The molecule has 0 aromatic heterocycles. The second-order valence-corrected chi connectivity index (χ2v) is 9.55. The van der Waals surface area contributed by atoms with Gasteiger partial charge in [0.2, 0.25) is 0 Å². The van der Waals surface area contributed by atoms with Crippen LogP contribution in [0.3, 0.4) is 0 Å². The molecule has 0 unspecified atom stereocenters. The van der Waals surface area contributed by atoms with E-state index in [1.165, 1.54) is 26.4 Å². The minimum Gasteiger partial charge on any atom is -0.468 e. The van der Waals surface area contributed by atoms with Crippen molar-refractivity contribution in [1.29, 1.82) is 0 Å². The van der Waals surface area contributed by atoms with Crippen molar-refractivity contribution in [2.24, 2.45) is 22.7 Å². The van der Waals surface area contributed by atoms with Crippen molar-refractivity contribution in [3.05, 3.63) is 51.6 Å². The molecule has 32 heavy (non-hydrogen) atoms. The van der Waals surface area contributed by atoms with Gasteiger partial charge in [-0.1, -0.05) is 25.5 Å². The molecule has 0 bridgehead atoms. The summed E-state index contributed by atoms with van der Waals surface area (Å²) in [6.45, 7) is 4.64. The molecule has 2 fully saturated rings. The van der Waals surface area contributed by atoms with E-state index in [1.54, 1.807) is 12.1 Å². The fraction of sp³-hybridized carbons (Fsp3) is 0.583. The number of ether oxygens (including phenoxy) is 3. The van der Waals surface area contributed by atoms with Gasteiger partial charge in [-0.2, -0.15) is 0 Å². The molecular weight excluding hydrogens is 414 g/mol. The van der Waals surface area contributed by atoms with Crippen molar-refractivity contribution in [3.8, 4) is 0 Å². The molecular formula is C24H29NO7. The highest BCUT2D eigenvalue weighted by molar-refractivity contribution is 6.01. The number of rotatable bonds is 6. The molecule has 3 aliphatic carbocycles. The Morgan fingerprint density at radius 3 is 2.25 bits per heavy atom. The van der Waals surface area contributed by atoms with Crippen molar-refractivity contribution in [2.75, 3.05) is 14.2 Å². The zero-order valence-corrected chi connectivity index (χ0v) is 18.9. The number of benzene rings is 1. The average Bonchev–Trinajstić information content (AvgIpc) is 3.17. The first-order valence-corrected chi connectivity index (χ1v) is 10.9. The second-order valence-electron chi connectivity index (χ2n) is 9.55. The van der Waals surface area contributed by atoms with E-state index >= 15 is 0 Å². The molecule has 1 aromatic rings. The van der Waals surface area contributed by atoms with Gasteiger partial charge in [-0.15, -0.1) is 0 Å². The van der Waals surface area contributed by atoms with Crippen LogP contribution in [0.25, 0.3) is 0 Å². The summed E-state index contributed by atoms with van der Waals surface area (Å²) in [5.74, 6) is -0.987. The van der Waals surface area contributed by atoms with E-state index in [-0.39, 0.29) is 22.9 Å². The van der Waals surface area contributed by atoms with E-state index < -0.39 is 27.9 Å². The van der Waals surface area contributed by atoms with E-state index in [0.29, 0.717) is 19.4 Å². The van der Waals surface area contributed by atoms with Crippen molar-refractivity contribution in [1.82, 2.24) is 0 Å². The Bertz CT molecular complexity index is 969. The summed E-state index contributed by atoms with van der Waals surface area (Å²) in [4.78, 5) is 35.9. The van der Waals surface area contributed by atoms with Crippen LogP contribution in [0.5, 0.6) is 0 Å². The summed E-state index contributed by atoms with van der Waals surface area (Å²) < 4.78 is 16.6. The molecule has 0 N–H and O–H groups in total. The Balaban J connectivity index is 1.60. The van der Waals surface area contributed by atoms with Crippen LogP contribution < -0.4 is 0 Å². The number of non-ortho nitro benzene ring substituents is 1. The van der Waals surface area contributed by atoms with Crippen LogP contribution in [-0.2, 0) is 30.4 Å². The van der Waals surface area contributed by atoms with Gasteiger partial charge in [-0.05, 0) is 49.3 Å². The van der Waals surface area contributed by atoms with Gasteiger partial charge in [0, 0.05) is 23.5 Å². The van der Waals surface area contributed by atoms with E-state index in [9.17, 15) is 19.7 Å². The molecule has 0 heterocycles. The number of hydrogen-bond donors (Lipinski definition) is 0. The number of fused-ring (bicyclic) bond motifs is 3. The van der Waals surface area contributed by atoms with Crippen LogP contribution in [0.1, 0.15) is 45.1 Å². The lowest BCUT2D eigenvalue weighted by molar-refractivity contribution is -0.384. The summed E-state index contributed by atoms with van der Waals surface area (Å²) in [6.07, 6.45) is 4.63. The molecule has 172 valence electrons. The Morgan fingerprint density at radius 2 is 1.75 bits per heavy atom. The molecule has 8 heteroatoms. The third kappa shape index (κ3) is 2.99. The predicted molar refractivity (Wildman–Crippen MR) is 114 cm³/mol. The molecule has 4 atom stereocenters. The molecule has 0 radical (unpaired) electrons. The second kappa shape index (κ2) is 7.69. The van der Waals surface area contributed by atoms with Crippen LogP contribution in [0.4, 0.5) is 5.69 Å².